The first-order chi connectivity index (χ1) is 6.52. The largest absolute Gasteiger partial charge is 0.393 e. The van der Waals surface area contributed by atoms with Crippen LogP contribution in [0.15, 0.2) is 9.95 Å². The van der Waals surface area contributed by atoms with Gasteiger partial charge >= 0.3 is 5.69 Å². The van der Waals surface area contributed by atoms with Crippen LogP contribution >= 0.6 is 11.8 Å². The van der Waals surface area contributed by atoms with E-state index in [0.29, 0.717) is 10.9 Å². The normalized spacial score (nSPS) is 13.5. The van der Waals surface area contributed by atoms with Crippen molar-refractivity contribution in [3.63, 3.8) is 0 Å². The van der Waals surface area contributed by atoms with Crippen LogP contribution in [0, 0.1) is 0 Å². The van der Waals surface area contributed by atoms with Crippen LogP contribution in [0.5, 0.6) is 0 Å². The molecule has 0 unspecified atom stereocenters. The molecule has 0 aromatic carbocycles. The first-order valence-corrected chi connectivity index (χ1v) is 5.48. The summed E-state index contributed by atoms with van der Waals surface area (Å²) in [5.74, 6) is 0.539. The van der Waals surface area contributed by atoms with E-state index in [4.69, 9.17) is 5.11 Å². The van der Waals surface area contributed by atoms with Gasteiger partial charge in [-0.2, -0.15) is 0 Å². The summed E-state index contributed by atoms with van der Waals surface area (Å²) in [6.07, 6.45) is -0.396. The van der Waals surface area contributed by atoms with Crippen molar-refractivity contribution in [2.24, 2.45) is 0 Å². The molecule has 0 aliphatic carbocycles. The van der Waals surface area contributed by atoms with E-state index in [1.54, 1.807) is 11.5 Å². The van der Waals surface area contributed by atoms with Gasteiger partial charge in [-0.15, -0.1) is 5.10 Å². The van der Waals surface area contributed by atoms with Gasteiger partial charge in [0.2, 0.25) is 0 Å². The van der Waals surface area contributed by atoms with E-state index in [9.17, 15) is 4.79 Å². The maximum absolute atomic E-state index is 11.3. The zero-order valence-electron chi connectivity index (χ0n) is 8.52. The van der Waals surface area contributed by atoms with Crippen LogP contribution in [-0.2, 0) is 0 Å². The molecule has 1 rings (SSSR count). The lowest BCUT2D eigenvalue weighted by molar-refractivity contribution is 0.220. The fourth-order valence-electron chi connectivity index (χ4n) is 1.04. The molecule has 5 nitrogen and oxygen atoms in total. The molecule has 0 spiro atoms. The molecule has 1 aromatic rings. The predicted molar refractivity (Wildman–Crippen MR) is 55.6 cm³/mol. The number of rotatable bonds is 4. The number of aliphatic hydroxyl groups is 1. The highest BCUT2D eigenvalue weighted by molar-refractivity contribution is 7.99. The van der Waals surface area contributed by atoms with Crippen LogP contribution < -0.4 is 5.69 Å². The van der Waals surface area contributed by atoms with Crippen molar-refractivity contribution >= 4 is 11.8 Å². The van der Waals surface area contributed by atoms with E-state index in [2.05, 4.69) is 10.2 Å². The predicted octanol–water partition coefficient (Wildman–Crippen LogP) is 0.625. The molecule has 0 bridgehead atoms. The van der Waals surface area contributed by atoms with Crippen LogP contribution in [0.4, 0.5) is 0 Å². The first kappa shape index (κ1) is 11.3. The zero-order chi connectivity index (χ0) is 10.7. The smallest absolute Gasteiger partial charge is 0.344 e. The number of hydrogen-bond donors (Lipinski definition) is 2. The van der Waals surface area contributed by atoms with Gasteiger partial charge in [0, 0.05) is 11.8 Å². The Hall–Kier alpha value is -0.750. The van der Waals surface area contributed by atoms with E-state index in [1.165, 1.54) is 11.8 Å². The summed E-state index contributed by atoms with van der Waals surface area (Å²) in [7, 11) is 0. The lowest BCUT2D eigenvalue weighted by Gasteiger charge is -2.08. The molecule has 0 amide bonds. The molecule has 0 radical (unpaired) electrons. The average Bonchev–Trinajstić information content (AvgIpc) is 2.43. The van der Waals surface area contributed by atoms with Crippen molar-refractivity contribution in [2.75, 3.05) is 5.75 Å². The summed E-state index contributed by atoms with van der Waals surface area (Å²) in [4.78, 5) is 11.3. The highest BCUT2D eigenvalue weighted by Crippen LogP contribution is 2.17. The second kappa shape index (κ2) is 4.65. The van der Waals surface area contributed by atoms with Crippen molar-refractivity contribution in [1.29, 1.82) is 0 Å². The molecular formula is C8H15N3O2S. The summed E-state index contributed by atoms with van der Waals surface area (Å²) < 4.78 is 1.58. The minimum Gasteiger partial charge on any atom is -0.393 e. The van der Waals surface area contributed by atoms with Crippen LogP contribution in [0.3, 0.4) is 0 Å². The summed E-state index contributed by atoms with van der Waals surface area (Å²) in [5, 5.41) is 16.0. The molecule has 0 aliphatic heterocycles. The fourth-order valence-corrected chi connectivity index (χ4v) is 1.98. The number of aromatic amines is 1. The number of H-pyrrole nitrogens is 1. The zero-order valence-corrected chi connectivity index (χ0v) is 9.34. The summed E-state index contributed by atoms with van der Waals surface area (Å²) >= 11 is 1.37. The number of aromatic nitrogens is 3. The molecule has 1 atom stereocenters. The number of aliphatic hydroxyl groups excluding tert-OH is 1. The average molecular weight is 217 g/mol. The van der Waals surface area contributed by atoms with Gasteiger partial charge in [0.1, 0.15) is 0 Å². The van der Waals surface area contributed by atoms with Gasteiger partial charge in [-0.25, -0.2) is 9.89 Å². The SMILES string of the molecule is CC(C)n1c(SC[C@H](C)O)n[nH]c1=O. The minimum atomic E-state index is -0.396. The molecule has 6 heteroatoms. The Kier molecular flexibility index (Phi) is 3.77. The summed E-state index contributed by atoms with van der Waals surface area (Å²) in [5.41, 5.74) is -0.201. The van der Waals surface area contributed by atoms with Gasteiger partial charge < -0.3 is 5.11 Å². The molecule has 2 N–H and O–H groups in total. The molecule has 1 heterocycles. The third-order valence-electron chi connectivity index (χ3n) is 1.64. The van der Waals surface area contributed by atoms with Crippen molar-refractivity contribution in [1.82, 2.24) is 14.8 Å². The molecule has 1 aromatic heterocycles. The molecule has 0 aliphatic rings. The molecular weight excluding hydrogens is 202 g/mol. The molecule has 80 valence electrons. The van der Waals surface area contributed by atoms with Crippen LogP contribution in [0.25, 0.3) is 0 Å². The Morgan fingerprint density at radius 3 is 2.71 bits per heavy atom. The van der Waals surface area contributed by atoms with Crippen LogP contribution in [-0.4, -0.2) is 31.7 Å². The maximum atomic E-state index is 11.3. The summed E-state index contributed by atoms with van der Waals surface area (Å²) in [6.45, 7) is 5.55. The fraction of sp³-hybridized carbons (Fsp3) is 0.750. The molecule has 0 saturated carbocycles. The van der Waals surface area contributed by atoms with Crippen molar-refractivity contribution < 1.29 is 5.11 Å². The van der Waals surface area contributed by atoms with E-state index >= 15 is 0 Å². The van der Waals surface area contributed by atoms with Gasteiger partial charge in [-0.3, -0.25) is 4.57 Å². The second-order valence-corrected chi connectivity index (χ2v) is 4.42. The van der Waals surface area contributed by atoms with E-state index in [0.717, 1.165) is 0 Å². The Balaban J connectivity index is 2.81. The van der Waals surface area contributed by atoms with Crippen molar-refractivity contribution in [3.05, 3.63) is 10.5 Å². The Morgan fingerprint density at radius 1 is 1.57 bits per heavy atom. The van der Waals surface area contributed by atoms with Gasteiger partial charge in [0.25, 0.3) is 0 Å². The lowest BCUT2D eigenvalue weighted by atomic mass is 10.4. The van der Waals surface area contributed by atoms with Gasteiger partial charge in [-0.05, 0) is 20.8 Å². The maximum Gasteiger partial charge on any atom is 0.344 e. The Bertz CT molecular complexity index is 343. The minimum absolute atomic E-state index is 0.0812. The Morgan fingerprint density at radius 2 is 2.21 bits per heavy atom. The van der Waals surface area contributed by atoms with E-state index in [1.807, 2.05) is 13.8 Å². The topological polar surface area (TPSA) is 70.9 Å². The number of nitrogens with one attached hydrogen (secondary N) is 1. The quantitative estimate of drug-likeness (QED) is 0.725. The highest BCUT2D eigenvalue weighted by Gasteiger charge is 2.12. The number of thioether (sulfide) groups is 1. The monoisotopic (exact) mass is 217 g/mol. The highest BCUT2D eigenvalue weighted by atomic mass is 32.2. The third-order valence-corrected chi connectivity index (χ3v) is 2.84. The van der Waals surface area contributed by atoms with Crippen LogP contribution in [0.1, 0.15) is 26.8 Å². The first-order valence-electron chi connectivity index (χ1n) is 4.50. The van der Waals surface area contributed by atoms with Gasteiger partial charge in [0.15, 0.2) is 5.16 Å². The van der Waals surface area contributed by atoms with Gasteiger partial charge in [-0.1, -0.05) is 11.8 Å². The van der Waals surface area contributed by atoms with E-state index in [-0.39, 0.29) is 11.7 Å². The van der Waals surface area contributed by atoms with E-state index < -0.39 is 6.10 Å². The molecule has 14 heavy (non-hydrogen) atoms. The molecule has 0 fully saturated rings. The van der Waals surface area contributed by atoms with Gasteiger partial charge in [0.05, 0.1) is 6.10 Å². The third kappa shape index (κ3) is 2.62. The second-order valence-electron chi connectivity index (χ2n) is 3.44. The van der Waals surface area contributed by atoms with Crippen molar-refractivity contribution in [2.45, 2.75) is 38.1 Å². The standard InChI is InChI=1S/C8H15N3O2S/c1-5(2)11-7(13)9-10-8(11)14-4-6(3)12/h5-6,12H,4H2,1-3H3,(H,9,13)/t6-/m0/s1. The number of nitrogens with zero attached hydrogens (tertiary/aromatic N) is 2. The molecule has 0 saturated heterocycles. The Labute approximate surface area is 86.5 Å². The lowest BCUT2D eigenvalue weighted by Crippen LogP contribution is -2.19. The summed E-state index contributed by atoms with van der Waals surface area (Å²) in [6, 6.07) is 0.0812. The van der Waals surface area contributed by atoms with Crippen LogP contribution in [0.2, 0.25) is 0 Å². The number of hydrogen-bond acceptors (Lipinski definition) is 4. The van der Waals surface area contributed by atoms with Crippen molar-refractivity contribution in [3.8, 4) is 0 Å².